The molecule has 0 saturated carbocycles. The van der Waals surface area contributed by atoms with Gasteiger partial charge in [-0.1, -0.05) is 24.3 Å². The van der Waals surface area contributed by atoms with Crippen LogP contribution in [0.3, 0.4) is 0 Å². The van der Waals surface area contributed by atoms with Gasteiger partial charge in [0.1, 0.15) is 11.6 Å². The molecule has 0 saturated heterocycles. The largest absolute Gasteiger partial charge is 0.496 e. The fraction of sp³-hybridized carbons (Fsp3) is 0.227. The Bertz CT molecular complexity index is 980. The van der Waals surface area contributed by atoms with Gasteiger partial charge in [-0.05, 0) is 42.7 Å². The molecule has 0 amide bonds. The lowest BCUT2D eigenvalue weighted by atomic mass is 10.0. The first-order valence-electron chi connectivity index (χ1n) is 8.92. The zero-order valence-electron chi connectivity index (χ0n) is 15.4. The van der Waals surface area contributed by atoms with E-state index < -0.39 is 0 Å². The van der Waals surface area contributed by atoms with Gasteiger partial charge in [-0.25, -0.2) is 9.37 Å². The molecule has 1 aliphatic heterocycles. The third kappa shape index (κ3) is 3.33. The van der Waals surface area contributed by atoms with Crippen LogP contribution in [0.2, 0.25) is 0 Å². The monoisotopic (exact) mass is 364 g/mol. The molecule has 3 aromatic rings. The third-order valence-electron chi connectivity index (χ3n) is 4.94. The smallest absolute Gasteiger partial charge is 0.181 e. The van der Waals surface area contributed by atoms with Gasteiger partial charge in [0, 0.05) is 29.9 Å². The van der Waals surface area contributed by atoms with Gasteiger partial charge in [-0.3, -0.25) is 0 Å². The molecule has 2 heterocycles. The number of hydrogen-bond donors (Lipinski definition) is 0. The Labute approximate surface area is 157 Å². The van der Waals surface area contributed by atoms with E-state index in [4.69, 9.17) is 9.15 Å². The number of aryl methyl sites for hydroxylation is 1. The summed E-state index contributed by atoms with van der Waals surface area (Å²) in [6, 6.07) is 13.5. The second kappa shape index (κ2) is 7.27. The van der Waals surface area contributed by atoms with Crippen LogP contribution in [-0.2, 0) is 11.3 Å². The van der Waals surface area contributed by atoms with Crippen molar-refractivity contribution in [1.82, 2.24) is 4.98 Å². The second-order valence-electron chi connectivity index (χ2n) is 6.65. The van der Waals surface area contributed by atoms with Crippen molar-refractivity contribution in [2.24, 2.45) is 0 Å². The van der Waals surface area contributed by atoms with Gasteiger partial charge >= 0.3 is 0 Å². The van der Waals surface area contributed by atoms with Crippen LogP contribution in [0.1, 0.15) is 28.9 Å². The van der Waals surface area contributed by atoms with E-state index >= 15 is 0 Å². The molecule has 0 unspecified atom stereocenters. The summed E-state index contributed by atoms with van der Waals surface area (Å²) in [5.41, 5.74) is 4.64. The predicted octanol–water partition coefficient (Wildman–Crippen LogP) is 5.05. The van der Waals surface area contributed by atoms with Gasteiger partial charge in [0.15, 0.2) is 12.2 Å². The highest BCUT2D eigenvalue weighted by molar-refractivity contribution is 5.91. The minimum atomic E-state index is -0.173. The molecule has 5 heteroatoms. The Morgan fingerprint density at radius 1 is 1.22 bits per heavy atom. The molecule has 1 aromatic heterocycles. The summed E-state index contributed by atoms with van der Waals surface area (Å²) >= 11 is 0. The summed E-state index contributed by atoms with van der Waals surface area (Å²) in [5, 5.41) is 0. The van der Waals surface area contributed by atoms with Gasteiger partial charge < -0.3 is 14.1 Å². The molecule has 0 radical (unpaired) electrons. The summed E-state index contributed by atoms with van der Waals surface area (Å²) in [7, 11) is 1.67. The van der Waals surface area contributed by atoms with Gasteiger partial charge in [0.05, 0.1) is 13.3 Å². The summed E-state index contributed by atoms with van der Waals surface area (Å²) in [6.07, 6.45) is 3.88. The highest BCUT2D eigenvalue weighted by atomic mass is 19.1. The summed E-state index contributed by atoms with van der Waals surface area (Å²) in [6.45, 7) is 3.16. The van der Waals surface area contributed by atoms with E-state index in [9.17, 15) is 4.39 Å². The number of anilines is 1. The quantitative estimate of drug-likeness (QED) is 0.650. The number of benzene rings is 2. The van der Waals surface area contributed by atoms with Crippen molar-refractivity contribution < 1.29 is 13.5 Å². The third-order valence-corrected chi connectivity index (χ3v) is 4.94. The number of hydrogen-bond acceptors (Lipinski definition) is 4. The molecule has 1 aliphatic rings. The summed E-state index contributed by atoms with van der Waals surface area (Å²) in [4.78, 5) is 6.30. The fourth-order valence-electron chi connectivity index (χ4n) is 3.54. The number of aromatic nitrogens is 1. The van der Waals surface area contributed by atoms with Crippen molar-refractivity contribution in [3.05, 3.63) is 83.3 Å². The number of para-hydroxylation sites is 1. The van der Waals surface area contributed by atoms with Crippen LogP contribution in [0.15, 0.2) is 59.5 Å². The lowest BCUT2D eigenvalue weighted by Gasteiger charge is -2.25. The molecule has 4 nitrogen and oxygen atoms in total. The standard InChI is InChI=1S/C22H21FN2O2/c1-15-7-8-16(11-19(15)23)13-25-10-9-18(21-12-24-14-27-21)22(26-2)17-5-3-4-6-20(17)25/h3-8,11-12,14H,9-10,13H2,1-2H3. The van der Waals surface area contributed by atoms with Crippen LogP contribution >= 0.6 is 0 Å². The van der Waals surface area contributed by atoms with Crippen molar-refractivity contribution in [2.75, 3.05) is 18.6 Å². The SMILES string of the molecule is COC1=C(c2cnco2)CCN(Cc2ccc(C)c(F)c2)c2ccccc21. The number of halogens is 1. The minimum Gasteiger partial charge on any atom is -0.496 e. The molecule has 27 heavy (non-hydrogen) atoms. The van der Waals surface area contributed by atoms with E-state index in [0.717, 1.165) is 41.1 Å². The average Bonchev–Trinajstić information content (AvgIpc) is 3.16. The number of nitrogens with zero attached hydrogens (tertiary/aromatic N) is 2. The molecule has 0 fully saturated rings. The van der Waals surface area contributed by atoms with E-state index in [2.05, 4.69) is 16.0 Å². The Balaban J connectivity index is 1.74. The van der Waals surface area contributed by atoms with E-state index in [1.807, 2.05) is 30.3 Å². The number of methoxy groups -OCH3 is 1. The first kappa shape index (κ1) is 17.3. The highest BCUT2D eigenvalue weighted by Crippen LogP contribution is 2.38. The Morgan fingerprint density at radius 2 is 2.07 bits per heavy atom. The normalized spacial score (nSPS) is 14.1. The molecule has 138 valence electrons. The highest BCUT2D eigenvalue weighted by Gasteiger charge is 2.25. The average molecular weight is 364 g/mol. The molecule has 0 atom stereocenters. The van der Waals surface area contributed by atoms with Crippen LogP contribution in [-0.4, -0.2) is 18.6 Å². The van der Waals surface area contributed by atoms with Gasteiger partial charge in [-0.2, -0.15) is 0 Å². The maximum Gasteiger partial charge on any atom is 0.181 e. The molecule has 0 N–H and O–H groups in total. The Morgan fingerprint density at radius 3 is 2.81 bits per heavy atom. The predicted molar refractivity (Wildman–Crippen MR) is 104 cm³/mol. The first-order valence-corrected chi connectivity index (χ1v) is 8.92. The zero-order valence-corrected chi connectivity index (χ0v) is 15.4. The van der Waals surface area contributed by atoms with E-state index in [1.54, 1.807) is 26.3 Å². The van der Waals surface area contributed by atoms with Crippen molar-refractivity contribution in [2.45, 2.75) is 19.9 Å². The first-order chi connectivity index (χ1) is 13.2. The van der Waals surface area contributed by atoms with Crippen LogP contribution in [0.25, 0.3) is 11.3 Å². The lowest BCUT2D eigenvalue weighted by Crippen LogP contribution is -2.24. The van der Waals surface area contributed by atoms with Crippen molar-refractivity contribution >= 4 is 17.0 Å². The number of rotatable bonds is 4. The molecule has 4 rings (SSSR count). The van der Waals surface area contributed by atoms with Gasteiger partial charge in [0.25, 0.3) is 0 Å². The van der Waals surface area contributed by atoms with E-state index in [-0.39, 0.29) is 5.82 Å². The van der Waals surface area contributed by atoms with Crippen LogP contribution in [0.5, 0.6) is 0 Å². The van der Waals surface area contributed by atoms with Gasteiger partial charge in [-0.15, -0.1) is 0 Å². The lowest BCUT2D eigenvalue weighted by molar-refractivity contribution is 0.370. The van der Waals surface area contributed by atoms with Crippen LogP contribution in [0.4, 0.5) is 10.1 Å². The number of fused-ring (bicyclic) bond motifs is 1. The zero-order chi connectivity index (χ0) is 18.8. The van der Waals surface area contributed by atoms with Crippen LogP contribution in [0, 0.1) is 12.7 Å². The van der Waals surface area contributed by atoms with Crippen molar-refractivity contribution in [3.63, 3.8) is 0 Å². The number of oxazole rings is 1. The van der Waals surface area contributed by atoms with E-state index in [0.29, 0.717) is 17.9 Å². The number of ether oxygens (including phenoxy) is 1. The molecule has 0 spiro atoms. The van der Waals surface area contributed by atoms with Crippen LogP contribution < -0.4 is 4.90 Å². The Kier molecular flexibility index (Phi) is 4.67. The summed E-state index contributed by atoms with van der Waals surface area (Å²) < 4.78 is 25.3. The topological polar surface area (TPSA) is 38.5 Å². The minimum absolute atomic E-state index is 0.173. The molecular weight excluding hydrogens is 343 g/mol. The molecule has 0 aliphatic carbocycles. The summed E-state index contributed by atoms with van der Waals surface area (Å²) in [5.74, 6) is 1.33. The Hall–Kier alpha value is -3.08. The maximum atomic E-state index is 14.0. The van der Waals surface area contributed by atoms with Gasteiger partial charge in [0.2, 0.25) is 0 Å². The molecular formula is C22H21FN2O2. The van der Waals surface area contributed by atoms with E-state index in [1.165, 1.54) is 6.39 Å². The second-order valence-corrected chi connectivity index (χ2v) is 6.65. The molecule has 0 bridgehead atoms. The maximum absolute atomic E-state index is 14.0. The van der Waals surface area contributed by atoms with Crippen molar-refractivity contribution in [1.29, 1.82) is 0 Å². The molecule has 2 aromatic carbocycles. The van der Waals surface area contributed by atoms with Crippen molar-refractivity contribution in [3.8, 4) is 0 Å². The fourth-order valence-corrected chi connectivity index (χ4v) is 3.54.